The van der Waals surface area contributed by atoms with Crippen molar-refractivity contribution in [3.8, 4) is 0 Å². The van der Waals surface area contributed by atoms with Gasteiger partial charge in [-0.15, -0.1) is 0 Å². The summed E-state index contributed by atoms with van der Waals surface area (Å²) in [6.45, 7) is 3.51. The van der Waals surface area contributed by atoms with Gasteiger partial charge in [-0.05, 0) is 35.7 Å². The molecule has 0 atom stereocenters. The highest BCUT2D eigenvalue weighted by Crippen LogP contribution is 2.22. The number of aliphatic hydroxyl groups excluding tert-OH is 1. The predicted octanol–water partition coefficient (Wildman–Crippen LogP) is 2.67. The number of aliphatic hydroxyl groups is 1. The number of fused-ring (bicyclic) bond motifs is 1. The smallest absolute Gasteiger partial charge is 0.241 e. The predicted molar refractivity (Wildman–Crippen MR) is 84.7 cm³/mol. The Morgan fingerprint density at radius 1 is 1.05 bits per heavy atom. The molecular formula is C16H21NO3S. The van der Waals surface area contributed by atoms with Crippen molar-refractivity contribution < 1.29 is 13.5 Å². The molecule has 0 saturated carbocycles. The van der Waals surface area contributed by atoms with Crippen LogP contribution in [0.15, 0.2) is 47.4 Å². The third kappa shape index (κ3) is 3.26. The van der Waals surface area contributed by atoms with E-state index in [9.17, 15) is 13.5 Å². The van der Waals surface area contributed by atoms with Crippen LogP contribution in [0.3, 0.4) is 0 Å². The zero-order valence-corrected chi connectivity index (χ0v) is 13.2. The van der Waals surface area contributed by atoms with E-state index < -0.39 is 15.6 Å². The maximum atomic E-state index is 12.5. The summed E-state index contributed by atoms with van der Waals surface area (Å²) in [7, 11) is -3.66. The SMILES string of the molecule is CCC(CC)(CO)NS(=O)(=O)c1ccc2ccccc2c1. The monoisotopic (exact) mass is 307 g/mol. The van der Waals surface area contributed by atoms with Crippen molar-refractivity contribution in [1.82, 2.24) is 4.72 Å². The van der Waals surface area contributed by atoms with Crippen molar-refractivity contribution in [2.45, 2.75) is 37.1 Å². The summed E-state index contributed by atoms with van der Waals surface area (Å²) in [4.78, 5) is 0.223. The molecule has 2 rings (SSSR count). The molecule has 5 heteroatoms. The highest BCUT2D eigenvalue weighted by Gasteiger charge is 2.31. The minimum atomic E-state index is -3.66. The quantitative estimate of drug-likeness (QED) is 0.862. The first-order chi connectivity index (χ1) is 9.96. The van der Waals surface area contributed by atoms with E-state index in [2.05, 4.69) is 4.72 Å². The number of hydrogen-bond donors (Lipinski definition) is 2. The summed E-state index contributed by atoms with van der Waals surface area (Å²) in [6.07, 6.45) is 1.07. The van der Waals surface area contributed by atoms with Crippen LogP contribution in [0.5, 0.6) is 0 Å². The van der Waals surface area contributed by atoms with E-state index in [1.54, 1.807) is 18.2 Å². The van der Waals surface area contributed by atoms with Crippen molar-refractivity contribution in [3.63, 3.8) is 0 Å². The Kier molecular flexibility index (Phi) is 4.66. The lowest BCUT2D eigenvalue weighted by atomic mass is 9.96. The van der Waals surface area contributed by atoms with Crippen LogP contribution < -0.4 is 4.72 Å². The Morgan fingerprint density at radius 3 is 2.24 bits per heavy atom. The second-order valence-corrected chi connectivity index (χ2v) is 6.94. The number of benzene rings is 2. The molecular weight excluding hydrogens is 286 g/mol. The van der Waals surface area contributed by atoms with Crippen LogP contribution in [0.25, 0.3) is 10.8 Å². The Hall–Kier alpha value is -1.43. The van der Waals surface area contributed by atoms with Crippen LogP contribution in [0.2, 0.25) is 0 Å². The van der Waals surface area contributed by atoms with E-state index in [-0.39, 0.29) is 11.5 Å². The van der Waals surface area contributed by atoms with E-state index in [4.69, 9.17) is 0 Å². The van der Waals surface area contributed by atoms with Crippen LogP contribution in [0.1, 0.15) is 26.7 Å². The molecule has 0 fully saturated rings. The molecule has 0 heterocycles. The van der Waals surface area contributed by atoms with Gasteiger partial charge in [0.15, 0.2) is 0 Å². The van der Waals surface area contributed by atoms with E-state index in [1.807, 2.05) is 38.1 Å². The zero-order valence-electron chi connectivity index (χ0n) is 12.3. The summed E-state index contributed by atoms with van der Waals surface area (Å²) >= 11 is 0. The molecule has 2 aromatic rings. The normalized spacial score (nSPS) is 12.7. The van der Waals surface area contributed by atoms with Gasteiger partial charge in [0, 0.05) is 0 Å². The van der Waals surface area contributed by atoms with Gasteiger partial charge < -0.3 is 5.11 Å². The van der Waals surface area contributed by atoms with Gasteiger partial charge in [-0.25, -0.2) is 13.1 Å². The fourth-order valence-corrected chi connectivity index (χ4v) is 3.90. The molecule has 21 heavy (non-hydrogen) atoms. The van der Waals surface area contributed by atoms with Crippen LogP contribution in [-0.2, 0) is 10.0 Å². The largest absolute Gasteiger partial charge is 0.394 e. The van der Waals surface area contributed by atoms with Gasteiger partial charge in [0.1, 0.15) is 0 Å². The van der Waals surface area contributed by atoms with Gasteiger partial charge in [-0.1, -0.05) is 44.2 Å². The van der Waals surface area contributed by atoms with Gasteiger partial charge in [0.25, 0.3) is 0 Å². The highest BCUT2D eigenvalue weighted by molar-refractivity contribution is 7.89. The standard InChI is InChI=1S/C16H21NO3S/c1-3-16(4-2,12-18)17-21(19,20)15-10-9-13-7-5-6-8-14(13)11-15/h5-11,17-18H,3-4,12H2,1-2H3. The first kappa shape index (κ1) is 15.9. The molecule has 4 nitrogen and oxygen atoms in total. The van der Waals surface area contributed by atoms with Crippen LogP contribution in [0.4, 0.5) is 0 Å². The number of nitrogens with one attached hydrogen (secondary N) is 1. The van der Waals surface area contributed by atoms with Crippen molar-refractivity contribution in [3.05, 3.63) is 42.5 Å². The molecule has 0 aliphatic carbocycles. The maximum absolute atomic E-state index is 12.5. The Labute approximate surface area is 125 Å². The van der Waals surface area contributed by atoms with E-state index in [0.29, 0.717) is 12.8 Å². The van der Waals surface area contributed by atoms with Crippen molar-refractivity contribution in [2.75, 3.05) is 6.61 Å². The lowest BCUT2D eigenvalue weighted by molar-refractivity contribution is 0.172. The highest BCUT2D eigenvalue weighted by atomic mass is 32.2. The minimum absolute atomic E-state index is 0.215. The molecule has 0 aliphatic heterocycles. The van der Waals surface area contributed by atoms with Gasteiger partial charge >= 0.3 is 0 Å². The van der Waals surface area contributed by atoms with Gasteiger partial charge in [-0.2, -0.15) is 0 Å². The second kappa shape index (κ2) is 6.13. The van der Waals surface area contributed by atoms with Gasteiger partial charge in [-0.3, -0.25) is 0 Å². The molecule has 114 valence electrons. The average molecular weight is 307 g/mol. The van der Waals surface area contributed by atoms with Gasteiger partial charge in [0.05, 0.1) is 17.0 Å². The first-order valence-corrected chi connectivity index (χ1v) is 8.58. The molecule has 0 amide bonds. The van der Waals surface area contributed by atoms with E-state index in [0.717, 1.165) is 10.8 Å². The van der Waals surface area contributed by atoms with Crippen LogP contribution >= 0.6 is 0 Å². The average Bonchev–Trinajstić information content (AvgIpc) is 2.52. The fraction of sp³-hybridized carbons (Fsp3) is 0.375. The summed E-state index contributed by atoms with van der Waals surface area (Å²) < 4.78 is 27.8. The Morgan fingerprint density at radius 2 is 1.67 bits per heavy atom. The van der Waals surface area contributed by atoms with E-state index in [1.165, 1.54) is 0 Å². The maximum Gasteiger partial charge on any atom is 0.241 e. The van der Waals surface area contributed by atoms with Crippen molar-refractivity contribution in [2.24, 2.45) is 0 Å². The van der Waals surface area contributed by atoms with Crippen molar-refractivity contribution >= 4 is 20.8 Å². The third-order valence-electron chi connectivity index (χ3n) is 4.04. The number of hydrogen-bond acceptors (Lipinski definition) is 3. The summed E-state index contributed by atoms with van der Waals surface area (Å²) in [5.74, 6) is 0. The summed E-state index contributed by atoms with van der Waals surface area (Å²) in [6, 6.07) is 12.7. The zero-order chi connectivity index (χ0) is 15.5. The molecule has 0 unspecified atom stereocenters. The first-order valence-electron chi connectivity index (χ1n) is 7.10. The topological polar surface area (TPSA) is 66.4 Å². The Bertz CT molecular complexity index is 713. The lowest BCUT2D eigenvalue weighted by Gasteiger charge is -2.30. The molecule has 0 spiro atoms. The molecule has 0 radical (unpaired) electrons. The third-order valence-corrected chi connectivity index (χ3v) is 5.61. The molecule has 0 aliphatic rings. The number of sulfonamides is 1. The lowest BCUT2D eigenvalue weighted by Crippen LogP contribution is -2.50. The summed E-state index contributed by atoms with van der Waals surface area (Å²) in [5.41, 5.74) is -0.801. The Balaban J connectivity index is 2.41. The molecule has 0 bridgehead atoms. The number of rotatable bonds is 6. The molecule has 2 aromatic carbocycles. The van der Waals surface area contributed by atoms with Crippen LogP contribution in [-0.4, -0.2) is 25.7 Å². The second-order valence-electron chi connectivity index (χ2n) is 5.26. The summed E-state index contributed by atoms with van der Waals surface area (Å²) in [5, 5.41) is 11.4. The van der Waals surface area contributed by atoms with Crippen molar-refractivity contribution in [1.29, 1.82) is 0 Å². The molecule has 0 saturated heterocycles. The molecule has 0 aromatic heterocycles. The van der Waals surface area contributed by atoms with Gasteiger partial charge in [0.2, 0.25) is 10.0 Å². The molecule has 2 N–H and O–H groups in total. The van der Waals surface area contributed by atoms with E-state index >= 15 is 0 Å². The minimum Gasteiger partial charge on any atom is -0.394 e. The fourth-order valence-electron chi connectivity index (χ4n) is 2.33. The van der Waals surface area contributed by atoms with Crippen LogP contribution in [0, 0.1) is 0 Å².